The van der Waals surface area contributed by atoms with Crippen molar-refractivity contribution in [3.63, 3.8) is 0 Å². The number of hydrogen-bond donors (Lipinski definition) is 2. The second-order valence-electron chi connectivity index (χ2n) is 9.35. The third-order valence-corrected chi connectivity index (χ3v) is 7.54. The van der Waals surface area contributed by atoms with Crippen molar-refractivity contribution in [2.75, 3.05) is 61.1 Å². The van der Waals surface area contributed by atoms with Gasteiger partial charge in [-0.1, -0.05) is 18.0 Å². The van der Waals surface area contributed by atoms with Gasteiger partial charge in [-0.15, -0.1) is 0 Å². The van der Waals surface area contributed by atoms with Crippen molar-refractivity contribution in [2.24, 2.45) is 0 Å². The Balaban J connectivity index is 1.49. The van der Waals surface area contributed by atoms with Gasteiger partial charge < -0.3 is 15.0 Å². The summed E-state index contributed by atoms with van der Waals surface area (Å²) in [5, 5.41) is 8.79. The number of morpholine rings is 1. The minimum absolute atomic E-state index is 0.0843. The lowest BCUT2D eigenvalue weighted by Crippen LogP contribution is -2.37. The van der Waals surface area contributed by atoms with Crippen LogP contribution in [-0.2, 0) is 21.3 Å². The van der Waals surface area contributed by atoms with Crippen molar-refractivity contribution in [1.29, 1.82) is 0 Å². The first-order chi connectivity index (χ1) is 17.3. The van der Waals surface area contributed by atoms with E-state index in [9.17, 15) is 8.42 Å². The lowest BCUT2D eigenvalue weighted by Gasteiger charge is -2.35. The predicted octanol–water partition coefficient (Wildman–Crippen LogP) is 3.36. The Bertz CT molecular complexity index is 1340. The number of rotatable bonds is 7. The fourth-order valence-corrected chi connectivity index (χ4v) is 5.80. The maximum atomic E-state index is 11.9. The van der Waals surface area contributed by atoms with Gasteiger partial charge in [0.15, 0.2) is 5.65 Å². The Morgan fingerprint density at radius 3 is 2.69 bits per heavy atom. The van der Waals surface area contributed by atoms with Gasteiger partial charge in [-0.2, -0.15) is 9.61 Å². The highest BCUT2D eigenvalue weighted by atomic mass is 35.5. The van der Waals surface area contributed by atoms with Gasteiger partial charge in [-0.3, -0.25) is 9.62 Å². The molecule has 0 aliphatic carbocycles. The molecular formula is C24H32ClN7O3S. The number of benzene rings is 1. The van der Waals surface area contributed by atoms with Crippen LogP contribution < -0.4 is 14.9 Å². The second kappa shape index (κ2) is 10.4. The molecular weight excluding hydrogens is 502 g/mol. The average molecular weight is 534 g/mol. The van der Waals surface area contributed by atoms with E-state index in [4.69, 9.17) is 26.4 Å². The van der Waals surface area contributed by atoms with Gasteiger partial charge in [0.25, 0.3) is 0 Å². The van der Waals surface area contributed by atoms with Gasteiger partial charge in [-0.25, -0.2) is 13.4 Å². The molecule has 2 N–H and O–H groups in total. The zero-order valence-electron chi connectivity index (χ0n) is 20.6. The number of hydrogen-bond acceptors (Lipinski definition) is 8. The number of likely N-dealkylation sites (tertiary alicyclic amines) is 1. The molecule has 0 saturated carbocycles. The van der Waals surface area contributed by atoms with Crippen LogP contribution in [0.2, 0.25) is 5.02 Å². The molecule has 5 rings (SSSR count). The molecule has 0 amide bonds. The van der Waals surface area contributed by atoms with E-state index in [1.54, 1.807) is 12.1 Å². The average Bonchev–Trinajstić information content (AvgIpc) is 3.29. The van der Waals surface area contributed by atoms with E-state index in [1.807, 2.05) is 23.7 Å². The molecule has 1 aromatic carbocycles. The Morgan fingerprint density at radius 2 is 1.94 bits per heavy atom. The minimum Gasteiger partial charge on any atom is -0.378 e. The summed E-state index contributed by atoms with van der Waals surface area (Å²) in [5.41, 5.74) is 3.15. The third kappa shape index (κ3) is 5.54. The molecule has 12 heteroatoms. The first-order valence-electron chi connectivity index (χ1n) is 12.2. The summed E-state index contributed by atoms with van der Waals surface area (Å²) in [6, 6.07) is 9.44. The number of anilines is 3. The highest BCUT2D eigenvalue weighted by molar-refractivity contribution is 7.92. The molecule has 1 atom stereocenters. The molecule has 4 heterocycles. The van der Waals surface area contributed by atoms with Crippen LogP contribution >= 0.6 is 11.6 Å². The highest BCUT2D eigenvalue weighted by Crippen LogP contribution is 2.35. The number of nitrogens with one attached hydrogen (secondary N) is 2. The summed E-state index contributed by atoms with van der Waals surface area (Å²) in [5.74, 6) is 1.79. The Hall–Kier alpha value is -2.60. The van der Waals surface area contributed by atoms with Gasteiger partial charge in [0.05, 0.1) is 36.9 Å². The Morgan fingerprint density at radius 1 is 1.14 bits per heavy atom. The maximum Gasteiger partial charge on any atom is 0.229 e. The molecule has 0 radical (unpaired) electrons. The summed E-state index contributed by atoms with van der Waals surface area (Å²) >= 11 is 6.29. The Kier molecular flexibility index (Phi) is 7.25. The van der Waals surface area contributed by atoms with Gasteiger partial charge >= 0.3 is 0 Å². The standard InChI is InChI=1S/C24H32ClN7O3S/c1-26-22-15-24(30-9-11-35-12-10-30)32-23(27-22)14-20(28-32)21-5-3-4-8-31(21)16-17-13-18(25)6-7-19(17)29-36(2,33)34/h6-7,13-15,21,29H,3-5,8-12,16H2,1-2H3,(H,26,27). The molecule has 3 aromatic rings. The van der Waals surface area contributed by atoms with Crippen molar-refractivity contribution in [1.82, 2.24) is 19.5 Å². The topological polar surface area (TPSA) is 104 Å². The fourth-order valence-electron chi connectivity index (χ4n) is 5.01. The summed E-state index contributed by atoms with van der Waals surface area (Å²) in [6.45, 7) is 4.42. The molecule has 36 heavy (non-hydrogen) atoms. The van der Waals surface area contributed by atoms with E-state index in [0.29, 0.717) is 30.5 Å². The van der Waals surface area contributed by atoms with E-state index >= 15 is 0 Å². The zero-order valence-corrected chi connectivity index (χ0v) is 22.1. The summed E-state index contributed by atoms with van der Waals surface area (Å²) in [7, 11) is -1.54. The second-order valence-corrected chi connectivity index (χ2v) is 11.5. The summed E-state index contributed by atoms with van der Waals surface area (Å²) in [4.78, 5) is 9.40. The monoisotopic (exact) mass is 533 g/mol. The molecule has 10 nitrogen and oxygen atoms in total. The van der Waals surface area contributed by atoms with Gasteiger partial charge in [-0.05, 0) is 43.1 Å². The van der Waals surface area contributed by atoms with Crippen molar-refractivity contribution in [2.45, 2.75) is 31.8 Å². The van der Waals surface area contributed by atoms with Gasteiger partial charge in [0.2, 0.25) is 10.0 Å². The molecule has 2 saturated heterocycles. The minimum atomic E-state index is -3.41. The molecule has 2 aliphatic rings. The number of piperidine rings is 1. The van der Waals surface area contributed by atoms with Crippen molar-refractivity contribution in [3.8, 4) is 0 Å². The molecule has 2 aliphatic heterocycles. The largest absolute Gasteiger partial charge is 0.378 e. The SMILES string of the molecule is CNc1cc(N2CCOCC2)n2nc(C3CCCCN3Cc3cc(Cl)ccc3NS(C)(=O)=O)cc2n1. The van der Waals surface area contributed by atoms with Crippen molar-refractivity contribution < 1.29 is 13.2 Å². The number of ether oxygens (including phenoxy) is 1. The van der Waals surface area contributed by atoms with Crippen LogP contribution in [-0.4, -0.2) is 74.1 Å². The summed E-state index contributed by atoms with van der Waals surface area (Å²) in [6.07, 6.45) is 4.29. The maximum absolute atomic E-state index is 11.9. The molecule has 0 spiro atoms. The number of fused-ring (bicyclic) bond motifs is 1. The third-order valence-electron chi connectivity index (χ3n) is 6.71. The van der Waals surface area contributed by atoms with E-state index in [-0.39, 0.29) is 6.04 Å². The summed E-state index contributed by atoms with van der Waals surface area (Å²) < 4.78 is 34.0. The molecule has 2 fully saturated rings. The van der Waals surface area contributed by atoms with Crippen LogP contribution in [0.25, 0.3) is 5.65 Å². The number of aromatic nitrogens is 3. The number of halogens is 1. The quantitative estimate of drug-likeness (QED) is 0.476. The highest BCUT2D eigenvalue weighted by Gasteiger charge is 2.28. The van der Waals surface area contributed by atoms with Crippen LogP contribution in [0.3, 0.4) is 0 Å². The van der Waals surface area contributed by atoms with Gasteiger partial charge in [0, 0.05) is 43.8 Å². The van der Waals surface area contributed by atoms with Gasteiger partial charge in [0.1, 0.15) is 11.6 Å². The molecule has 194 valence electrons. The van der Waals surface area contributed by atoms with Crippen LogP contribution in [0.5, 0.6) is 0 Å². The predicted molar refractivity (Wildman–Crippen MR) is 142 cm³/mol. The number of sulfonamides is 1. The zero-order chi connectivity index (χ0) is 25.3. The smallest absolute Gasteiger partial charge is 0.229 e. The first-order valence-corrected chi connectivity index (χ1v) is 14.5. The first kappa shape index (κ1) is 25.1. The number of nitrogens with zero attached hydrogens (tertiary/aromatic N) is 5. The normalized spacial score (nSPS) is 19.5. The van der Waals surface area contributed by atoms with E-state index in [0.717, 1.165) is 73.7 Å². The van der Waals surface area contributed by atoms with Crippen molar-refractivity contribution in [3.05, 3.63) is 46.6 Å². The van der Waals surface area contributed by atoms with Crippen LogP contribution in [0.15, 0.2) is 30.3 Å². The van der Waals surface area contributed by atoms with Crippen LogP contribution in [0, 0.1) is 0 Å². The van der Waals surface area contributed by atoms with E-state index in [2.05, 4.69) is 25.9 Å². The molecule has 2 aromatic heterocycles. The fraction of sp³-hybridized carbons (Fsp3) is 0.500. The van der Waals surface area contributed by atoms with E-state index in [1.165, 1.54) is 0 Å². The lowest BCUT2D eigenvalue weighted by molar-refractivity contribution is 0.122. The lowest BCUT2D eigenvalue weighted by atomic mass is 9.98. The van der Waals surface area contributed by atoms with Crippen LogP contribution in [0.4, 0.5) is 17.3 Å². The molecule has 1 unspecified atom stereocenters. The Labute approximate surface area is 216 Å². The van der Waals surface area contributed by atoms with E-state index < -0.39 is 10.0 Å². The van der Waals surface area contributed by atoms with Crippen LogP contribution in [0.1, 0.15) is 36.6 Å². The van der Waals surface area contributed by atoms with Crippen molar-refractivity contribution >= 4 is 44.6 Å². The molecule has 0 bridgehead atoms.